The molecule has 0 heterocycles. The minimum atomic E-state index is -1.26. The number of carboxylic acids is 1. The monoisotopic (exact) mass is 691 g/mol. The number of nitrogens with one attached hydrogen (secondary N) is 3. The maximum atomic E-state index is 11.9. The van der Waals surface area contributed by atoms with Gasteiger partial charge in [-0.1, -0.05) is 97.1 Å². The molecule has 250 valence electrons. The number of carbonyl (C=O) groups excluding carboxylic acids is 1. The number of anilines is 2. The molecule has 0 fully saturated rings. The summed E-state index contributed by atoms with van der Waals surface area (Å²) in [4.78, 5) is 24.7. The van der Waals surface area contributed by atoms with Gasteiger partial charge in [0, 0.05) is 60.5 Å². The number of unbranched alkanes of at least 4 members (excludes halogenated alkanes) is 1. The van der Waals surface area contributed by atoms with Gasteiger partial charge in [-0.25, -0.2) is 9.86 Å². The number of rotatable bonds is 13. The van der Waals surface area contributed by atoms with Crippen molar-refractivity contribution in [1.82, 2.24) is 15.3 Å². The zero-order valence-electron chi connectivity index (χ0n) is 26.7. The van der Waals surface area contributed by atoms with Gasteiger partial charge in [0.2, 0.25) is 0 Å². The molecule has 0 bridgehead atoms. The number of carboxylic acid groups (broad SMARTS) is 1. The first-order valence-electron chi connectivity index (χ1n) is 15.8. The van der Waals surface area contributed by atoms with E-state index in [1.54, 1.807) is 0 Å². The molecule has 5 aromatic carbocycles. The van der Waals surface area contributed by atoms with E-state index >= 15 is 0 Å². The van der Waals surface area contributed by atoms with E-state index in [-0.39, 0.29) is 6.54 Å². The van der Waals surface area contributed by atoms with Crippen molar-refractivity contribution in [2.75, 3.05) is 23.7 Å². The minimum Gasteiger partial charge on any atom is -0.478 e. The summed E-state index contributed by atoms with van der Waals surface area (Å²) in [5, 5.41) is 34.8. The first-order chi connectivity index (χ1) is 23.8. The number of fused-ring (bicyclic) bond motifs is 2. The molecular formula is C38H37N5O4S2. The van der Waals surface area contributed by atoms with Crippen molar-refractivity contribution in [2.45, 2.75) is 25.9 Å². The maximum Gasteiger partial charge on any atom is 0.328 e. The summed E-state index contributed by atoms with van der Waals surface area (Å²) in [6, 6.07) is 36.6. The molecule has 0 saturated heterocycles. The van der Waals surface area contributed by atoms with Crippen molar-refractivity contribution in [1.29, 1.82) is 0 Å². The highest BCUT2D eigenvalue weighted by atomic mass is 32.1. The topological polar surface area (TPSA) is 117 Å². The first-order valence-corrected chi connectivity index (χ1v) is 16.6. The highest BCUT2D eigenvalue weighted by Crippen LogP contribution is 2.24. The number of thiocarbonyl (C=S) groups is 2. The highest BCUT2D eigenvalue weighted by molar-refractivity contribution is 7.80. The molecule has 9 nitrogen and oxygen atoms in total. The lowest BCUT2D eigenvalue weighted by Crippen LogP contribution is -2.35. The molecule has 0 aliphatic rings. The van der Waals surface area contributed by atoms with Gasteiger partial charge in [0.05, 0.1) is 0 Å². The van der Waals surface area contributed by atoms with Crippen LogP contribution in [-0.4, -0.2) is 55.5 Å². The standard InChI is InChI=1S/C38H37N5O4S2/c44-35(21-22-36(45)46)43(47)24-6-5-23-42(38(49)41-34-16-8-12-30-10-2-4-14-32(30)34)26-28-19-17-27(18-20-28)25-39-37(48)40-33-15-7-11-29-9-1-3-13-31(29)33/h1-4,7-22,47H,5-6,23-26H2,(H,41,49)(H,45,46)(H2,39,40,48)/b22-21+. The molecule has 5 aromatic rings. The molecule has 0 aromatic heterocycles. The van der Waals surface area contributed by atoms with Crippen LogP contribution >= 0.6 is 24.4 Å². The molecule has 0 aliphatic heterocycles. The van der Waals surface area contributed by atoms with Crippen LogP contribution in [0.5, 0.6) is 0 Å². The molecule has 49 heavy (non-hydrogen) atoms. The number of carbonyl (C=O) groups is 2. The normalized spacial score (nSPS) is 11.0. The van der Waals surface area contributed by atoms with Gasteiger partial charge in [-0.15, -0.1) is 0 Å². The zero-order valence-corrected chi connectivity index (χ0v) is 28.3. The number of hydrogen-bond acceptors (Lipinski definition) is 5. The van der Waals surface area contributed by atoms with Crippen LogP contribution in [0, 0.1) is 0 Å². The fourth-order valence-corrected chi connectivity index (χ4v) is 5.80. The summed E-state index contributed by atoms with van der Waals surface area (Å²) in [7, 11) is 0. The van der Waals surface area contributed by atoms with Crippen LogP contribution < -0.4 is 16.0 Å². The predicted molar refractivity (Wildman–Crippen MR) is 204 cm³/mol. The highest BCUT2D eigenvalue weighted by Gasteiger charge is 2.14. The minimum absolute atomic E-state index is 0.0546. The van der Waals surface area contributed by atoms with Crippen molar-refractivity contribution in [2.24, 2.45) is 0 Å². The van der Waals surface area contributed by atoms with Crippen molar-refractivity contribution in [3.05, 3.63) is 132 Å². The Balaban J connectivity index is 1.20. The van der Waals surface area contributed by atoms with E-state index in [2.05, 4.69) is 75.4 Å². The fraction of sp³-hybridized carbons (Fsp3) is 0.158. The molecule has 0 spiro atoms. The van der Waals surface area contributed by atoms with E-state index in [4.69, 9.17) is 29.5 Å². The zero-order chi connectivity index (χ0) is 34.6. The van der Waals surface area contributed by atoms with E-state index in [1.165, 1.54) is 0 Å². The van der Waals surface area contributed by atoms with Gasteiger partial charge in [-0.3, -0.25) is 10.0 Å². The van der Waals surface area contributed by atoms with Crippen molar-refractivity contribution in [3.63, 3.8) is 0 Å². The Morgan fingerprint density at radius 1 is 0.673 bits per heavy atom. The number of aliphatic carboxylic acids is 1. The second kappa shape index (κ2) is 17.2. The molecule has 0 aliphatic carbocycles. The summed E-state index contributed by atoms with van der Waals surface area (Å²) >= 11 is 11.5. The quantitative estimate of drug-likeness (QED) is 0.0283. The molecule has 5 N–H and O–H groups in total. The molecule has 5 rings (SSSR count). The van der Waals surface area contributed by atoms with Gasteiger partial charge in [-0.2, -0.15) is 0 Å². The third kappa shape index (κ3) is 10.1. The molecule has 0 saturated carbocycles. The fourth-order valence-electron chi connectivity index (χ4n) is 5.35. The number of amides is 1. The van der Waals surface area contributed by atoms with Crippen molar-refractivity contribution < 1.29 is 19.9 Å². The summed E-state index contributed by atoms with van der Waals surface area (Å²) in [5.41, 5.74) is 3.98. The van der Waals surface area contributed by atoms with E-state index in [0.717, 1.165) is 50.1 Å². The van der Waals surface area contributed by atoms with Gasteiger partial charge < -0.3 is 26.0 Å². The van der Waals surface area contributed by atoms with Gasteiger partial charge in [-0.05, 0) is 71.3 Å². The molecule has 0 unspecified atom stereocenters. The molecule has 0 atom stereocenters. The van der Waals surface area contributed by atoms with Crippen LogP contribution in [0.4, 0.5) is 11.4 Å². The van der Waals surface area contributed by atoms with Crippen LogP contribution in [0.2, 0.25) is 0 Å². The summed E-state index contributed by atoms with van der Waals surface area (Å²) in [6.45, 7) is 1.70. The summed E-state index contributed by atoms with van der Waals surface area (Å²) < 4.78 is 0. The van der Waals surface area contributed by atoms with Crippen LogP contribution in [0.3, 0.4) is 0 Å². The summed E-state index contributed by atoms with van der Waals surface area (Å²) in [6.07, 6.45) is 2.62. The Labute approximate surface area is 295 Å². The third-order valence-corrected chi connectivity index (χ3v) is 8.48. The lowest BCUT2D eigenvalue weighted by molar-refractivity contribution is -0.159. The lowest BCUT2D eigenvalue weighted by Gasteiger charge is -2.27. The van der Waals surface area contributed by atoms with Gasteiger partial charge in [0.25, 0.3) is 5.91 Å². The van der Waals surface area contributed by atoms with Crippen LogP contribution in [0.15, 0.2) is 121 Å². The van der Waals surface area contributed by atoms with E-state index in [9.17, 15) is 14.8 Å². The average Bonchev–Trinajstić information content (AvgIpc) is 3.11. The smallest absolute Gasteiger partial charge is 0.328 e. The van der Waals surface area contributed by atoms with Gasteiger partial charge in [0.15, 0.2) is 10.2 Å². The van der Waals surface area contributed by atoms with Crippen molar-refractivity contribution in [3.8, 4) is 0 Å². The third-order valence-electron chi connectivity index (χ3n) is 7.88. The van der Waals surface area contributed by atoms with Crippen LogP contribution in [-0.2, 0) is 22.7 Å². The van der Waals surface area contributed by atoms with E-state index in [0.29, 0.717) is 53.8 Å². The number of hydroxylamine groups is 2. The molecule has 0 radical (unpaired) electrons. The Morgan fingerprint density at radius 3 is 1.86 bits per heavy atom. The number of hydrogen-bond donors (Lipinski definition) is 5. The average molecular weight is 692 g/mol. The second-order valence-corrected chi connectivity index (χ2v) is 12.2. The molecule has 1 amide bonds. The molecule has 11 heteroatoms. The second-order valence-electron chi connectivity index (χ2n) is 11.4. The van der Waals surface area contributed by atoms with Crippen LogP contribution in [0.25, 0.3) is 21.5 Å². The van der Waals surface area contributed by atoms with Gasteiger partial charge >= 0.3 is 5.97 Å². The van der Waals surface area contributed by atoms with Crippen LogP contribution in [0.1, 0.15) is 24.0 Å². The lowest BCUT2D eigenvalue weighted by atomic mass is 10.1. The van der Waals surface area contributed by atoms with Crippen molar-refractivity contribution >= 4 is 79.5 Å². The predicted octanol–water partition coefficient (Wildman–Crippen LogP) is 7.32. The largest absolute Gasteiger partial charge is 0.478 e. The SMILES string of the molecule is O=C(O)/C=C/C(=O)N(O)CCCCN(Cc1ccc(CNC(=S)Nc2cccc3ccccc23)cc1)C(=S)Nc1cccc2ccccc12. The Morgan fingerprint density at radius 2 is 1.22 bits per heavy atom. The van der Waals surface area contributed by atoms with E-state index in [1.807, 2.05) is 54.6 Å². The Hall–Kier alpha value is -5.36. The Bertz CT molecular complexity index is 1970. The number of benzene rings is 5. The van der Waals surface area contributed by atoms with E-state index < -0.39 is 11.9 Å². The van der Waals surface area contributed by atoms with Gasteiger partial charge in [0.1, 0.15) is 0 Å². The summed E-state index contributed by atoms with van der Waals surface area (Å²) in [5.74, 6) is -2.04. The first kappa shape index (κ1) is 35.0. The Kier molecular flexibility index (Phi) is 12.2. The molecular weight excluding hydrogens is 655 g/mol. The maximum absolute atomic E-state index is 11.9. The number of nitrogens with zero attached hydrogens (tertiary/aromatic N) is 2.